The summed E-state index contributed by atoms with van der Waals surface area (Å²) in [5.41, 5.74) is 6.36. The highest BCUT2D eigenvalue weighted by Crippen LogP contribution is 2.31. The minimum absolute atomic E-state index is 0.145. The number of nitrogens with one attached hydrogen (secondary N) is 1. The lowest BCUT2D eigenvalue weighted by molar-refractivity contribution is 0.411. The molecule has 8 heteroatoms. The van der Waals surface area contributed by atoms with E-state index >= 15 is 0 Å². The lowest BCUT2D eigenvalue weighted by Gasteiger charge is -2.11. The van der Waals surface area contributed by atoms with Gasteiger partial charge in [-0.15, -0.1) is 0 Å². The molecule has 0 radical (unpaired) electrons. The van der Waals surface area contributed by atoms with Crippen LogP contribution in [0.2, 0.25) is 0 Å². The number of aliphatic imine (C=N–C) groups is 1. The van der Waals surface area contributed by atoms with E-state index in [1.165, 1.54) is 4.68 Å². The minimum Gasteiger partial charge on any atom is -0.494 e. The number of aromatic nitrogens is 4. The zero-order chi connectivity index (χ0) is 23.0. The van der Waals surface area contributed by atoms with E-state index in [1.807, 2.05) is 74.8 Å². The van der Waals surface area contributed by atoms with Crippen LogP contribution in [0.5, 0.6) is 5.75 Å². The van der Waals surface area contributed by atoms with Crippen molar-refractivity contribution in [2.75, 3.05) is 7.11 Å². The van der Waals surface area contributed by atoms with Crippen LogP contribution >= 0.6 is 15.9 Å². The van der Waals surface area contributed by atoms with E-state index in [1.54, 1.807) is 13.3 Å². The van der Waals surface area contributed by atoms with E-state index in [0.29, 0.717) is 17.0 Å². The molecule has 1 N–H and O–H groups in total. The third-order valence-corrected chi connectivity index (χ3v) is 6.46. The lowest BCUT2D eigenvalue weighted by atomic mass is 10.2. The summed E-state index contributed by atoms with van der Waals surface area (Å²) in [5.74, 6) is 0.640. The number of aromatic amines is 1. The molecule has 7 nitrogen and oxygen atoms in total. The number of methoxy groups -OCH3 is 1. The van der Waals surface area contributed by atoms with E-state index in [0.717, 1.165) is 38.5 Å². The van der Waals surface area contributed by atoms with E-state index in [9.17, 15) is 4.79 Å². The molecular weight excluding hydrogens is 470 g/mol. The van der Waals surface area contributed by atoms with Gasteiger partial charge in [0.05, 0.1) is 39.9 Å². The van der Waals surface area contributed by atoms with Crippen molar-refractivity contribution in [1.82, 2.24) is 19.6 Å². The van der Waals surface area contributed by atoms with Crippen molar-refractivity contribution in [3.63, 3.8) is 0 Å². The lowest BCUT2D eigenvalue weighted by Crippen LogP contribution is -2.17. The number of H-pyrrole nitrogens is 1. The van der Waals surface area contributed by atoms with Gasteiger partial charge in [0.1, 0.15) is 11.4 Å². The van der Waals surface area contributed by atoms with Crippen LogP contribution in [0.25, 0.3) is 11.4 Å². The molecule has 0 unspecified atom stereocenters. The molecule has 4 aromatic rings. The quantitative estimate of drug-likeness (QED) is 0.392. The summed E-state index contributed by atoms with van der Waals surface area (Å²) in [4.78, 5) is 17.5. The first-order valence-corrected chi connectivity index (χ1v) is 10.9. The highest BCUT2D eigenvalue weighted by molar-refractivity contribution is 9.10. The number of rotatable bonds is 5. The molecule has 164 valence electrons. The second kappa shape index (κ2) is 8.63. The number of benzene rings is 2. The summed E-state index contributed by atoms with van der Waals surface area (Å²) in [6.45, 7) is 7.79. The van der Waals surface area contributed by atoms with Crippen LogP contribution in [0, 0.1) is 27.7 Å². The Morgan fingerprint density at radius 1 is 1.12 bits per heavy atom. The van der Waals surface area contributed by atoms with Crippen molar-refractivity contribution < 1.29 is 4.74 Å². The molecule has 2 heterocycles. The second-order valence-electron chi connectivity index (χ2n) is 7.64. The number of aryl methyl sites for hydroxylation is 3. The molecule has 32 heavy (non-hydrogen) atoms. The number of hydrogen-bond donors (Lipinski definition) is 1. The molecule has 0 amide bonds. The fraction of sp³-hybridized carbons (Fsp3) is 0.208. The Labute approximate surface area is 194 Å². The maximum atomic E-state index is 13.0. The number of hydrogen-bond acceptors (Lipinski definition) is 4. The van der Waals surface area contributed by atoms with Gasteiger partial charge in [-0.1, -0.05) is 12.1 Å². The van der Waals surface area contributed by atoms with E-state index in [-0.39, 0.29) is 5.56 Å². The zero-order valence-corrected chi connectivity index (χ0v) is 20.2. The van der Waals surface area contributed by atoms with Gasteiger partial charge in [0.15, 0.2) is 0 Å². The van der Waals surface area contributed by atoms with Gasteiger partial charge in [0.25, 0.3) is 5.56 Å². The number of ether oxygens (including phenoxy) is 1. The van der Waals surface area contributed by atoms with Gasteiger partial charge in [0.2, 0.25) is 0 Å². The number of halogens is 1. The molecule has 0 atom stereocenters. The summed E-state index contributed by atoms with van der Waals surface area (Å²) >= 11 is 3.56. The van der Waals surface area contributed by atoms with Gasteiger partial charge >= 0.3 is 0 Å². The average Bonchev–Trinajstić information content (AvgIpc) is 3.21. The molecule has 0 aliphatic carbocycles. The maximum absolute atomic E-state index is 13.0. The van der Waals surface area contributed by atoms with Crippen LogP contribution in [0.15, 0.2) is 56.7 Å². The standard InChI is InChI=1S/C24H24BrN5O2/c1-14-7-6-8-19(11-14)30-24(31)20(15(2)27-30)13-26-18-9-10-21(22(12-18)32-5)29-17(4)23(25)16(3)28-29/h6-13,27H,1-5H3. The summed E-state index contributed by atoms with van der Waals surface area (Å²) in [6.07, 6.45) is 1.59. The minimum atomic E-state index is -0.145. The topological polar surface area (TPSA) is 77.2 Å². The van der Waals surface area contributed by atoms with E-state index in [4.69, 9.17) is 4.74 Å². The van der Waals surface area contributed by atoms with Crippen molar-refractivity contribution in [3.8, 4) is 17.1 Å². The Bertz CT molecular complexity index is 1390. The van der Waals surface area contributed by atoms with E-state index < -0.39 is 0 Å². The van der Waals surface area contributed by atoms with Gasteiger partial charge < -0.3 is 4.74 Å². The highest BCUT2D eigenvalue weighted by atomic mass is 79.9. The fourth-order valence-electron chi connectivity index (χ4n) is 3.58. The SMILES string of the molecule is COc1cc(N=Cc2c(C)[nH]n(-c3cccc(C)c3)c2=O)ccc1-n1nc(C)c(Br)c1C. The van der Waals surface area contributed by atoms with Crippen molar-refractivity contribution >= 4 is 27.8 Å². The highest BCUT2D eigenvalue weighted by Gasteiger charge is 2.15. The van der Waals surface area contributed by atoms with Crippen LogP contribution in [0.4, 0.5) is 5.69 Å². The van der Waals surface area contributed by atoms with Crippen molar-refractivity contribution in [1.29, 1.82) is 0 Å². The first kappa shape index (κ1) is 21.8. The molecule has 0 fully saturated rings. The first-order chi connectivity index (χ1) is 15.3. The Hall–Kier alpha value is -3.39. The molecule has 0 saturated heterocycles. The third-order valence-electron chi connectivity index (χ3n) is 5.31. The Morgan fingerprint density at radius 2 is 1.91 bits per heavy atom. The fourth-order valence-corrected chi connectivity index (χ4v) is 3.83. The van der Waals surface area contributed by atoms with Crippen molar-refractivity contribution in [2.24, 2.45) is 4.99 Å². The van der Waals surface area contributed by atoms with Crippen LogP contribution in [-0.4, -0.2) is 32.9 Å². The molecule has 2 aromatic carbocycles. The van der Waals surface area contributed by atoms with Crippen molar-refractivity contribution in [2.45, 2.75) is 27.7 Å². The first-order valence-electron chi connectivity index (χ1n) is 10.1. The zero-order valence-electron chi connectivity index (χ0n) is 18.6. The Morgan fingerprint density at radius 3 is 2.56 bits per heavy atom. The predicted molar refractivity (Wildman–Crippen MR) is 130 cm³/mol. The Balaban J connectivity index is 1.69. The summed E-state index contributed by atoms with van der Waals surface area (Å²) in [6, 6.07) is 13.4. The summed E-state index contributed by atoms with van der Waals surface area (Å²) in [7, 11) is 1.61. The second-order valence-corrected chi connectivity index (χ2v) is 8.43. The van der Waals surface area contributed by atoms with Crippen LogP contribution in [-0.2, 0) is 0 Å². The molecule has 0 aliphatic heterocycles. The van der Waals surface area contributed by atoms with Gasteiger partial charge in [-0.05, 0) is 73.5 Å². The third kappa shape index (κ3) is 3.93. The normalized spacial score (nSPS) is 11.4. The van der Waals surface area contributed by atoms with Gasteiger partial charge in [0, 0.05) is 18.0 Å². The molecule has 0 spiro atoms. The molecule has 0 bridgehead atoms. The van der Waals surface area contributed by atoms with Gasteiger partial charge in [-0.25, -0.2) is 9.36 Å². The van der Waals surface area contributed by atoms with Gasteiger partial charge in [-0.2, -0.15) is 5.10 Å². The van der Waals surface area contributed by atoms with Crippen molar-refractivity contribution in [3.05, 3.63) is 85.5 Å². The molecule has 4 rings (SSSR count). The molecule has 0 saturated carbocycles. The smallest absolute Gasteiger partial charge is 0.280 e. The predicted octanol–water partition coefficient (Wildman–Crippen LogP) is 5.11. The van der Waals surface area contributed by atoms with Gasteiger partial charge in [-0.3, -0.25) is 14.9 Å². The monoisotopic (exact) mass is 493 g/mol. The van der Waals surface area contributed by atoms with Crippen LogP contribution in [0.3, 0.4) is 0 Å². The van der Waals surface area contributed by atoms with Crippen LogP contribution in [0.1, 0.15) is 28.2 Å². The molecule has 0 aliphatic rings. The number of nitrogens with zero attached hydrogens (tertiary/aromatic N) is 4. The average molecular weight is 494 g/mol. The van der Waals surface area contributed by atoms with Crippen LogP contribution < -0.4 is 10.3 Å². The molecular formula is C24H24BrN5O2. The summed E-state index contributed by atoms with van der Waals surface area (Å²) < 4.78 is 9.93. The Kier molecular flexibility index (Phi) is 5.88. The molecule has 2 aromatic heterocycles. The van der Waals surface area contributed by atoms with E-state index in [2.05, 4.69) is 31.1 Å². The maximum Gasteiger partial charge on any atom is 0.280 e. The largest absolute Gasteiger partial charge is 0.494 e. The summed E-state index contributed by atoms with van der Waals surface area (Å²) in [5, 5.41) is 7.71.